The van der Waals surface area contributed by atoms with E-state index in [9.17, 15) is 9.59 Å². The van der Waals surface area contributed by atoms with Crippen molar-refractivity contribution in [1.29, 1.82) is 0 Å². The normalized spacial score (nSPS) is 14.2. The van der Waals surface area contributed by atoms with E-state index >= 15 is 0 Å². The molecule has 5 nitrogen and oxygen atoms in total. The van der Waals surface area contributed by atoms with Gasteiger partial charge in [0.1, 0.15) is 0 Å². The third-order valence-electron chi connectivity index (χ3n) is 3.29. The second-order valence-electron chi connectivity index (χ2n) is 4.56. The van der Waals surface area contributed by atoms with E-state index in [1.807, 2.05) is 0 Å². The van der Waals surface area contributed by atoms with Crippen molar-refractivity contribution in [3.8, 4) is 5.69 Å². The predicted molar refractivity (Wildman–Crippen MR) is 67.8 cm³/mol. The molecule has 5 heteroatoms. The number of carboxylic acids is 1. The van der Waals surface area contributed by atoms with Crippen molar-refractivity contribution in [3.05, 3.63) is 47.3 Å². The Balaban J connectivity index is 1.98. The van der Waals surface area contributed by atoms with Crippen molar-refractivity contribution < 1.29 is 14.7 Å². The molecule has 0 atom stereocenters. The van der Waals surface area contributed by atoms with Gasteiger partial charge in [0.25, 0.3) is 0 Å². The number of benzene rings is 1. The standard InChI is InChI=1S/C14H12N2O3/c17-13-3-1-2-12-11(13)8-16(15-12)10-6-4-9(5-7-10)14(18)19/h4-8H,1-3H2,(H,18,19). The minimum atomic E-state index is -0.957. The van der Waals surface area contributed by atoms with E-state index in [1.165, 1.54) is 12.1 Å². The first-order chi connectivity index (χ1) is 9.15. The Bertz CT molecular complexity index is 656. The molecule has 1 aromatic heterocycles. The first kappa shape index (κ1) is 11.6. The van der Waals surface area contributed by atoms with Crippen molar-refractivity contribution in [3.63, 3.8) is 0 Å². The first-order valence-corrected chi connectivity index (χ1v) is 6.10. The van der Waals surface area contributed by atoms with Crippen LogP contribution in [0.2, 0.25) is 0 Å². The summed E-state index contributed by atoms with van der Waals surface area (Å²) in [6.45, 7) is 0. The van der Waals surface area contributed by atoms with E-state index in [2.05, 4.69) is 5.10 Å². The lowest BCUT2D eigenvalue weighted by atomic mass is 9.97. The van der Waals surface area contributed by atoms with Gasteiger partial charge in [0.15, 0.2) is 5.78 Å². The summed E-state index contributed by atoms with van der Waals surface area (Å²) in [7, 11) is 0. The lowest BCUT2D eigenvalue weighted by molar-refractivity contribution is 0.0696. The van der Waals surface area contributed by atoms with E-state index in [1.54, 1.807) is 23.0 Å². The maximum Gasteiger partial charge on any atom is 0.335 e. The zero-order valence-electron chi connectivity index (χ0n) is 10.2. The van der Waals surface area contributed by atoms with Gasteiger partial charge in [-0.15, -0.1) is 0 Å². The third-order valence-corrected chi connectivity index (χ3v) is 3.29. The van der Waals surface area contributed by atoms with Gasteiger partial charge in [-0.1, -0.05) is 0 Å². The number of aromatic carboxylic acids is 1. The van der Waals surface area contributed by atoms with E-state index in [-0.39, 0.29) is 11.3 Å². The van der Waals surface area contributed by atoms with Crippen LogP contribution in [0.15, 0.2) is 30.5 Å². The maximum absolute atomic E-state index is 11.7. The number of ketones is 1. The Kier molecular flexibility index (Phi) is 2.67. The molecule has 0 unspecified atom stereocenters. The predicted octanol–water partition coefficient (Wildman–Crippen LogP) is 2.09. The fourth-order valence-electron chi connectivity index (χ4n) is 2.27. The van der Waals surface area contributed by atoms with Crippen LogP contribution in [0.25, 0.3) is 5.69 Å². The molecule has 1 aliphatic carbocycles. The van der Waals surface area contributed by atoms with E-state index < -0.39 is 5.97 Å². The summed E-state index contributed by atoms with van der Waals surface area (Å²) in [6, 6.07) is 6.43. The van der Waals surface area contributed by atoms with Crippen LogP contribution in [-0.4, -0.2) is 26.6 Å². The monoisotopic (exact) mass is 256 g/mol. The van der Waals surface area contributed by atoms with Gasteiger partial charge in [0.2, 0.25) is 0 Å². The van der Waals surface area contributed by atoms with Crippen molar-refractivity contribution in [2.45, 2.75) is 19.3 Å². The number of aromatic nitrogens is 2. The quantitative estimate of drug-likeness (QED) is 0.893. The van der Waals surface area contributed by atoms with Crippen LogP contribution in [0.3, 0.4) is 0 Å². The number of fused-ring (bicyclic) bond motifs is 1. The van der Waals surface area contributed by atoms with Gasteiger partial charge in [0.05, 0.1) is 22.5 Å². The summed E-state index contributed by atoms with van der Waals surface area (Å²) in [4.78, 5) is 22.5. The molecule has 96 valence electrons. The van der Waals surface area contributed by atoms with Crippen molar-refractivity contribution in [2.24, 2.45) is 0 Å². The molecule has 2 aromatic rings. The van der Waals surface area contributed by atoms with Crippen LogP contribution in [-0.2, 0) is 6.42 Å². The smallest absolute Gasteiger partial charge is 0.335 e. The molecule has 0 bridgehead atoms. The average molecular weight is 256 g/mol. The largest absolute Gasteiger partial charge is 0.478 e. The molecule has 0 spiro atoms. The second-order valence-corrected chi connectivity index (χ2v) is 4.56. The molecule has 0 fully saturated rings. The molecule has 0 saturated carbocycles. The van der Waals surface area contributed by atoms with E-state index in [0.717, 1.165) is 24.2 Å². The highest BCUT2D eigenvalue weighted by atomic mass is 16.4. The Hall–Kier alpha value is -2.43. The van der Waals surface area contributed by atoms with Gasteiger partial charge in [0, 0.05) is 12.6 Å². The number of hydrogen-bond donors (Lipinski definition) is 1. The fraction of sp³-hybridized carbons (Fsp3) is 0.214. The summed E-state index contributed by atoms with van der Waals surface area (Å²) < 4.78 is 1.64. The zero-order valence-corrected chi connectivity index (χ0v) is 10.2. The molecule has 1 aromatic carbocycles. The minimum Gasteiger partial charge on any atom is -0.478 e. The topological polar surface area (TPSA) is 72.2 Å². The summed E-state index contributed by atoms with van der Waals surface area (Å²) in [5.41, 5.74) is 2.51. The third kappa shape index (κ3) is 2.03. The molecule has 1 heterocycles. The van der Waals surface area contributed by atoms with Gasteiger partial charge in [-0.25, -0.2) is 9.48 Å². The lowest BCUT2D eigenvalue weighted by Gasteiger charge is -2.06. The Labute approximate surface area is 109 Å². The number of carboxylic acid groups (broad SMARTS) is 1. The Morgan fingerprint density at radius 2 is 1.95 bits per heavy atom. The molecule has 0 amide bonds. The minimum absolute atomic E-state index is 0.134. The van der Waals surface area contributed by atoms with Crippen LogP contribution in [0.1, 0.15) is 39.3 Å². The van der Waals surface area contributed by atoms with Gasteiger partial charge in [-0.2, -0.15) is 5.10 Å². The Morgan fingerprint density at radius 3 is 2.58 bits per heavy atom. The fourth-order valence-corrected chi connectivity index (χ4v) is 2.27. The summed E-state index contributed by atoms with van der Waals surface area (Å²) in [5.74, 6) is -0.823. The summed E-state index contributed by atoms with van der Waals surface area (Å²) >= 11 is 0. The molecule has 3 rings (SSSR count). The van der Waals surface area contributed by atoms with Crippen molar-refractivity contribution in [2.75, 3.05) is 0 Å². The number of carbonyl (C=O) groups excluding carboxylic acids is 1. The van der Waals surface area contributed by atoms with Gasteiger partial charge >= 0.3 is 5.97 Å². The highest BCUT2D eigenvalue weighted by Crippen LogP contribution is 2.21. The van der Waals surface area contributed by atoms with Crippen LogP contribution in [0.4, 0.5) is 0 Å². The number of Topliss-reactive ketones (excluding diaryl/α,β-unsaturated/α-hetero) is 1. The van der Waals surface area contributed by atoms with Crippen LogP contribution in [0.5, 0.6) is 0 Å². The van der Waals surface area contributed by atoms with Crippen LogP contribution >= 0.6 is 0 Å². The summed E-state index contributed by atoms with van der Waals surface area (Å²) in [6.07, 6.45) is 3.98. The molecule has 0 saturated heterocycles. The van der Waals surface area contributed by atoms with E-state index in [4.69, 9.17) is 5.11 Å². The molecular weight excluding hydrogens is 244 g/mol. The first-order valence-electron chi connectivity index (χ1n) is 6.10. The highest BCUT2D eigenvalue weighted by Gasteiger charge is 2.21. The molecule has 0 radical (unpaired) electrons. The highest BCUT2D eigenvalue weighted by molar-refractivity contribution is 5.97. The number of aryl methyl sites for hydroxylation is 1. The molecule has 0 aliphatic heterocycles. The lowest BCUT2D eigenvalue weighted by Crippen LogP contribution is -2.08. The second kappa shape index (κ2) is 4.35. The Morgan fingerprint density at radius 1 is 1.21 bits per heavy atom. The average Bonchev–Trinajstić information content (AvgIpc) is 2.84. The maximum atomic E-state index is 11.7. The van der Waals surface area contributed by atoms with Crippen molar-refractivity contribution in [1.82, 2.24) is 9.78 Å². The van der Waals surface area contributed by atoms with Gasteiger partial charge in [-0.05, 0) is 37.1 Å². The molecule has 1 aliphatic rings. The van der Waals surface area contributed by atoms with Crippen LogP contribution < -0.4 is 0 Å². The number of hydrogen-bond acceptors (Lipinski definition) is 3. The number of rotatable bonds is 2. The van der Waals surface area contributed by atoms with E-state index in [0.29, 0.717) is 12.0 Å². The van der Waals surface area contributed by atoms with Crippen LogP contribution in [0, 0.1) is 0 Å². The molecule has 19 heavy (non-hydrogen) atoms. The zero-order chi connectivity index (χ0) is 13.4. The number of carbonyl (C=O) groups is 2. The molecular formula is C14H12N2O3. The van der Waals surface area contributed by atoms with Crippen molar-refractivity contribution >= 4 is 11.8 Å². The number of nitrogens with zero attached hydrogens (tertiary/aromatic N) is 2. The SMILES string of the molecule is O=C(O)c1ccc(-n2cc3c(n2)CCCC3=O)cc1. The van der Waals surface area contributed by atoms with Gasteiger partial charge < -0.3 is 5.11 Å². The molecule has 1 N–H and O–H groups in total. The van der Waals surface area contributed by atoms with Gasteiger partial charge in [-0.3, -0.25) is 4.79 Å². The summed E-state index contributed by atoms with van der Waals surface area (Å²) in [5, 5.41) is 13.2.